The number of nitrogens with one attached hydrogen (secondary N) is 1. The summed E-state index contributed by atoms with van der Waals surface area (Å²) in [5.41, 5.74) is -0.671. The zero-order chi connectivity index (χ0) is 30.8. The van der Waals surface area contributed by atoms with Crippen LogP contribution in [0.3, 0.4) is 0 Å². The van der Waals surface area contributed by atoms with E-state index in [0.717, 1.165) is 16.8 Å². The Morgan fingerprint density at radius 1 is 0.952 bits per heavy atom. The molecule has 0 bridgehead atoms. The van der Waals surface area contributed by atoms with Crippen molar-refractivity contribution in [2.75, 3.05) is 14.1 Å². The molecule has 0 aliphatic carbocycles. The monoisotopic (exact) mass is 599 g/mol. The highest BCUT2D eigenvalue weighted by molar-refractivity contribution is 6.30. The van der Waals surface area contributed by atoms with E-state index >= 15 is 0 Å². The van der Waals surface area contributed by atoms with E-state index in [1.165, 1.54) is 21.6 Å². The van der Waals surface area contributed by atoms with Crippen LogP contribution >= 0.6 is 11.6 Å². The van der Waals surface area contributed by atoms with E-state index in [2.05, 4.69) is 10.4 Å². The molecule has 42 heavy (non-hydrogen) atoms. The minimum Gasteiger partial charge on any atom is -0.346 e. The number of amides is 2. The molecule has 8 nitrogen and oxygen atoms in total. The second-order valence-electron chi connectivity index (χ2n) is 10.5. The summed E-state index contributed by atoms with van der Waals surface area (Å²) in [6, 6.07) is 18.2. The second kappa shape index (κ2) is 11.8. The number of alkyl halides is 3. The van der Waals surface area contributed by atoms with Crippen LogP contribution in [0.15, 0.2) is 77.6 Å². The van der Waals surface area contributed by atoms with E-state index in [0.29, 0.717) is 21.7 Å². The predicted octanol–water partition coefficient (Wildman–Crippen LogP) is 5.19. The maximum absolute atomic E-state index is 13.5. The third kappa shape index (κ3) is 6.91. The van der Waals surface area contributed by atoms with Gasteiger partial charge in [-0.2, -0.15) is 13.2 Å². The normalized spacial score (nSPS) is 11.8. The van der Waals surface area contributed by atoms with Gasteiger partial charge in [0, 0.05) is 30.2 Å². The van der Waals surface area contributed by atoms with Crippen molar-refractivity contribution >= 4 is 23.4 Å². The van der Waals surface area contributed by atoms with Gasteiger partial charge in [-0.25, -0.2) is 9.48 Å². The second-order valence-corrected chi connectivity index (χ2v) is 10.9. The first-order valence-corrected chi connectivity index (χ1v) is 13.3. The average Bonchev–Trinajstić information content (AvgIpc) is 3.22. The summed E-state index contributed by atoms with van der Waals surface area (Å²) in [6.07, 6.45) is -4.53. The SMILES string of the molecule is CN(C)C(=O)c1cccc(Cn2c(-c3ccc(Cl)cc3)nn(CC(=O)NC(C)(C)c3cccc(C(F)(F)F)c3)c2=O)c1. The molecular weight excluding hydrogens is 571 g/mol. The van der Waals surface area contributed by atoms with Crippen LogP contribution in [0.25, 0.3) is 11.4 Å². The Bertz CT molecular complexity index is 1670. The van der Waals surface area contributed by atoms with E-state index in [-0.39, 0.29) is 23.8 Å². The van der Waals surface area contributed by atoms with E-state index in [1.807, 2.05) is 0 Å². The molecule has 0 radical (unpaired) electrons. The molecule has 4 rings (SSSR count). The lowest BCUT2D eigenvalue weighted by Gasteiger charge is -2.27. The highest BCUT2D eigenvalue weighted by atomic mass is 35.5. The summed E-state index contributed by atoms with van der Waals surface area (Å²) in [4.78, 5) is 40.5. The van der Waals surface area contributed by atoms with Gasteiger partial charge in [-0.3, -0.25) is 14.2 Å². The minimum absolute atomic E-state index is 0.0582. The molecule has 0 saturated heterocycles. The molecule has 12 heteroatoms. The highest BCUT2D eigenvalue weighted by Crippen LogP contribution is 2.32. The molecule has 3 aromatic carbocycles. The minimum atomic E-state index is -4.53. The van der Waals surface area contributed by atoms with Gasteiger partial charge in [-0.05, 0) is 73.5 Å². The number of hydrogen-bond donors (Lipinski definition) is 1. The van der Waals surface area contributed by atoms with Crippen LogP contribution in [0.2, 0.25) is 5.02 Å². The Kier molecular flexibility index (Phi) is 8.63. The van der Waals surface area contributed by atoms with E-state index in [1.54, 1.807) is 76.5 Å². The average molecular weight is 600 g/mol. The maximum Gasteiger partial charge on any atom is 0.416 e. The molecule has 1 aromatic heterocycles. The Balaban J connectivity index is 1.65. The predicted molar refractivity (Wildman–Crippen MR) is 153 cm³/mol. The molecule has 0 spiro atoms. The quantitative estimate of drug-likeness (QED) is 0.302. The summed E-state index contributed by atoms with van der Waals surface area (Å²) in [6.45, 7) is 2.72. The van der Waals surface area contributed by atoms with Crippen LogP contribution in [0, 0.1) is 0 Å². The molecule has 1 N–H and O–H groups in total. The largest absolute Gasteiger partial charge is 0.416 e. The number of rotatable bonds is 8. The van der Waals surface area contributed by atoms with Gasteiger partial charge in [0.2, 0.25) is 5.91 Å². The first kappa shape index (κ1) is 30.6. The van der Waals surface area contributed by atoms with Crippen LogP contribution in [0.1, 0.15) is 40.9 Å². The number of halogens is 4. The van der Waals surface area contributed by atoms with Crippen LogP contribution in [-0.2, 0) is 29.6 Å². The van der Waals surface area contributed by atoms with Crippen molar-refractivity contribution in [2.45, 2.75) is 38.7 Å². The fourth-order valence-corrected chi connectivity index (χ4v) is 4.55. The van der Waals surface area contributed by atoms with Crippen LogP contribution in [0.5, 0.6) is 0 Å². The van der Waals surface area contributed by atoms with Gasteiger partial charge in [-0.1, -0.05) is 35.9 Å². The molecule has 0 unspecified atom stereocenters. The fourth-order valence-electron chi connectivity index (χ4n) is 4.42. The highest BCUT2D eigenvalue weighted by Gasteiger charge is 2.33. The van der Waals surface area contributed by atoms with Gasteiger partial charge in [-0.15, -0.1) is 5.10 Å². The molecule has 4 aromatic rings. The molecule has 0 saturated carbocycles. The molecule has 0 aliphatic rings. The molecular formula is C30H29ClF3N5O3. The lowest BCUT2D eigenvalue weighted by Crippen LogP contribution is -2.44. The standard InChI is InChI=1S/C30H29ClF3N5O3/c1-29(2,22-9-6-10-23(16-22)30(32,33)34)35-25(40)18-39-28(42)38(26(36-39)20-11-13-24(31)14-12-20)17-19-7-5-8-21(15-19)27(41)37(3)4/h5-16H,17-18H2,1-4H3,(H,35,40). The van der Waals surface area contributed by atoms with Crippen molar-refractivity contribution in [1.82, 2.24) is 24.6 Å². The Labute approximate surface area is 245 Å². The number of aromatic nitrogens is 3. The van der Waals surface area contributed by atoms with E-state index in [9.17, 15) is 27.6 Å². The van der Waals surface area contributed by atoms with Gasteiger partial charge < -0.3 is 10.2 Å². The zero-order valence-corrected chi connectivity index (χ0v) is 24.1. The molecule has 0 aliphatic heterocycles. The topological polar surface area (TPSA) is 89.2 Å². The number of benzene rings is 3. The Hall–Kier alpha value is -4.38. The fraction of sp³-hybridized carbons (Fsp3) is 0.267. The summed E-state index contributed by atoms with van der Waals surface area (Å²) in [5, 5.41) is 7.61. The van der Waals surface area contributed by atoms with Crippen LogP contribution in [-0.4, -0.2) is 45.2 Å². The number of nitrogens with zero attached hydrogens (tertiary/aromatic N) is 4. The molecule has 1 heterocycles. The zero-order valence-electron chi connectivity index (χ0n) is 23.4. The number of carbonyl (C=O) groups is 2. The van der Waals surface area contributed by atoms with Crippen molar-refractivity contribution in [3.63, 3.8) is 0 Å². The summed E-state index contributed by atoms with van der Waals surface area (Å²) < 4.78 is 42.1. The van der Waals surface area contributed by atoms with Crippen molar-refractivity contribution < 1.29 is 22.8 Å². The van der Waals surface area contributed by atoms with Crippen molar-refractivity contribution in [2.24, 2.45) is 0 Å². The number of hydrogen-bond acceptors (Lipinski definition) is 4. The molecule has 0 atom stereocenters. The first-order chi connectivity index (χ1) is 19.7. The van der Waals surface area contributed by atoms with Gasteiger partial charge in [0.1, 0.15) is 6.54 Å². The third-order valence-corrected chi connectivity index (χ3v) is 6.85. The van der Waals surface area contributed by atoms with E-state index < -0.39 is 35.4 Å². The summed E-state index contributed by atoms with van der Waals surface area (Å²) in [5.74, 6) is -0.547. The summed E-state index contributed by atoms with van der Waals surface area (Å²) >= 11 is 6.05. The van der Waals surface area contributed by atoms with Crippen molar-refractivity contribution in [1.29, 1.82) is 0 Å². The van der Waals surface area contributed by atoms with Gasteiger partial charge >= 0.3 is 11.9 Å². The van der Waals surface area contributed by atoms with Gasteiger partial charge in [0.15, 0.2) is 5.82 Å². The lowest BCUT2D eigenvalue weighted by molar-refractivity contribution is -0.137. The van der Waals surface area contributed by atoms with Crippen LogP contribution < -0.4 is 11.0 Å². The van der Waals surface area contributed by atoms with Crippen molar-refractivity contribution in [3.05, 3.63) is 111 Å². The maximum atomic E-state index is 13.5. The Morgan fingerprint density at radius 2 is 1.60 bits per heavy atom. The first-order valence-electron chi connectivity index (χ1n) is 12.9. The lowest BCUT2D eigenvalue weighted by atomic mass is 9.92. The molecule has 2 amide bonds. The molecule has 0 fully saturated rings. The van der Waals surface area contributed by atoms with Gasteiger partial charge in [0.25, 0.3) is 5.91 Å². The third-order valence-electron chi connectivity index (χ3n) is 6.60. The summed E-state index contributed by atoms with van der Waals surface area (Å²) in [7, 11) is 3.28. The van der Waals surface area contributed by atoms with Crippen molar-refractivity contribution in [3.8, 4) is 11.4 Å². The smallest absolute Gasteiger partial charge is 0.346 e. The number of carbonyl (C=O) groups excluding carboxylic acids is 2. The Morgan fingerprint density at radius 3 is 2.24 bits per heavy atom. The van der Waals surface area contributed by atoms with Gasteiger partial charge in [0.05, 0.1) is 17.6 Å². The van der Waals surface area contributed by atoms with Crippen LogP contribution in [0.4, 0.5) is 13.2 Å². The molecule has 220 valence electrons. The van der Waals surface area contributed by atoms with E-state index in [4.69, 9.17) is 11.6 Å².